The third kappa shape index (κ3) is 7.31. The van der Waals surface area contributed by atoms with Crippen LogP contribution in [0.1, 0.15) is 119 Å². The van der Waals surface area contributed by atoms with Crippen LogP contribution in [0.15, 0.2) is 0 Å². The molecule has 0 aromatic heterocycles. The summed E-state index contributed by atoms with van der Waals surface area (Å²) in [5, 5.41) is 9.70. The van der Waals surface area contributed by atoms with Crippen molar-refractivity contribution in [3.8, 4) is 0 Å². The monoisotopic (exact) mass is 354 g/mol. The topological polar surface area (TPSA) is 37.3 Å². The molecule has 1 N–H and O–H groups in total. The quantitative estimate of drug-likeness (QED) is 0.327. The van der Waals surface area contributed by atoms with Gasteiger partial charge in [0.25, 0.3) is 0 Å². The van der Waals surface area contributed by atoms with Crippen LogP contribution in [-0.4, -0.2) is 11.1 Å². The Balaban J connectivity index is 5.74. The van der Waals surface area contributed by atoms with Crippen molar-refractivity contribution in [2.75, 3.05) is 0 Å². The minimum atomic E-state index is -0.598. The molecule has 0 saturated carbocycles. The van der Waals surface area contributed by atoms with Gasteiger partial charge in [-0.15, -0.1) is 0 Å². The van der Waals surface area contributed by atoms with Gasteiger partial charge in [0.15, 0.2) is 0 Å². The van der Waals surface area contributed by atoms with Crippen molar-refractivity contribution in [1.82, 2.24) is 0 Å². The fourth-order valence-electron chi connectivity index (χ4n) is 4.96. The number of carboxylic acid groups (broad SMARTS) is 1. The van der Waals surface area contributed by atoms with Crippen LogP contribution in [0.5, 0.6) is 0 Å². The average Bonchev–Trinajstić information content (AvgIpc) is 2.63. The summed E-state index contributed by atoms with van der Waals surface area (Å²) < 4.78 is 0. The van der Waals surface area contributed by atoms with Crippen LogP contribution >= 0.6 is 0 Å². The highest BCUT2D eigenvalue weighted by molar-refractivity contribution is 5.69. The summed E-state index contributed by atoms with van der Waals surface area (Å²) in [6.07, 6.45) is 12.5. The lowest BCUT2D eigenvalue weighted by Gasteiger charge is -2.45. The Morgan fingerprint density at radius 1 is 0.800 bits per heavy atom. The van der Waals surface area contributed by atoms with E-state index in [4.69, 9.17) is 0 Å². The Kier molecular flexibility index (Phi) is 11.7. The first-order valence-electron chi connectivity index (χ1n) is 11.0. The third-order valence-electron chi connectivity index (χ3n) is 7.27. The molecule has 2 heteroatoms. The molecule has 0 fully saturated rings. The molecular weight excluding hydrogens is 308 g/mol. The van der Waals surface area contributed by atoms with E-state index in [2.05, 4.69) is 41.5 Å². The van der Waals surface area contributed by atoms with Gasteiger partial charge in [-0.3, -0.25) is 4.79 Å². The second-order valence-electron chi connectivity index (χ2n) is 8.51. The largest absolute Gasteiger partial charge is 0.481 e. The van der Waals surface area contributed by atoms with E-state index in [-0.39, 0.29) is 11.3 Å². The Morgan fingerprint density at radius 2 is 1.32 bits per heavy atom. The molecule has 0 bridgehead atoms. The molecule has 0 spiro atoms. The number of hydrogen-bond donors (Lipinski definition) is 1. The second kappa shape index (κ2) is 12.0. The zero-order valence-electron chi connectivity index (χ0n) is 18.3. The molecule has 0 rings (SSSR count). The molecule has 150 valence electrons. The van der Waals surface area contributed by atoms with E-state index in [1.165, 1.54) is 51.4 Å². The predicted molar refractivity (Wildman–Crippen MR) is 110 cm³/mol. The lowest BCUT2D eigenvalue weighted by Crippen LogP contribution is -2.35. The maximum absolute atomic E-state index is 11.8. The molecule has 3 atom stereocenters. The Hall–Kier alpha value is -0.530. The van der Waals surface area contributed by atoms with Crippen molar-refractivity contribution in [1.29, 1.82) is 0 Å². The summed E-state index contributed by atoms with van der Waals surface area (Å²) in [6, 6.07) is 0. The van der Waals surface area contributed by atoms with Gasteiger partial charge in [-0.1, -0.05) is 93.4 Å². The lowest BCUT2D eigenvalue weighted by atomic mass is 9.60. The van der Waals surface area contributed by atoms with Gasteiger partial charge in [0.2, 0.25) is 0 Å². The maximum Gasteiger partial charge on any atom is 0.306 e. The fraction of sp³-hybridized carbons (Fsp3) is 0.957. The van der Waals surface area contributed by atoms with Gasteiger partial charge in [0.05, 0.1) is 5.92 Å². The number of carbonyl (C=O) groups is 1. The van der Waals surface area contributed by atoms with Gasteiger partial charge in [-0.2, -0.15) is 0 Å². The van der Waals surface area contributed by atoms with E-state index in [0.717, 1.165) is 25.2 Å². The van der Waals surface area contributed by atoms with E-state index >= 15 is 0 Å². The molecule has 0 saturated heterocycles. The van der Waals surface area contributed by atoms with Crippen LogP contribution in [0.4, 0.5) is 0 Å². The van der Waals surface area contributed by atoms with Crippen LogP contribution in [0.2, 0.25) is 0 Å². The first-order valence-corrected chi connectivity index (χ1v) is 11.0. The highest BCUT2D eigenvalue weighted by atomic mass is 16.4. The lowest BCUT2D eigenvalue weighted by molar-refractivity contribution is -0.143. The van der Waals surface area contributed by atoms with Gasteiger partial charge < -0.3 is 5.11 Å². The van der Waals surface area contributed by atoms with E-state index in [9.17, 15) is 9.90 Å². The van der Waals surface area contributed by atoms with Crippen molar-refractivity contribution >= 4 is 5.97 Å². The zero-order valence-corrected chi connectivity index (χ0v) is 18.3. The Labute approximate surface area is 158 Å². The summed E-state index contributed by atoms with van der Waals surface area (Å²) in [5.41, 5.74) is 0.550. The second-order valence-corrected chi connectivity index (χ2v) is 8.51. The van der Waals surface area contributed by atoms with Gasteiger partial charge in [-0.25, -0.2) is 0 Å². The Morgan fingerprint density at radius 3 is 1.64 bits per heavy atom. The smallest absolute Gasteiger partial charge is 0.306 e. The van der Waals surface area contributed by atoms with Crippen LogP contribution < -0.4 is 0 Å². The van der Waals surface area contributed by atoms with Crippen molar-refractivity contribution in [3.05, 3.63) is 0 Å². The number of rotatable bonds is 15. The standard InChI is InChI=1S/C23H46O2/c1-8-15-19(9-2)16-23(14-7,17-20(10-3)21(24)25)18-22(11-4,12-5)13-6/h19-20H,8-18H2,1-7H3,(H,24,25). The van der Waals surface area contributed by atoms with Crippen LogP contribution in [-0.2, 0) is 4.79 Å². The number of hydrogen-bond acceptors (Lipinski definition) is 1. The molecule has 0 heterocycles. The summed E-state index contributed by atoms with van der Waals surface area (Å²) in [5.74, 6) is -0.0548. The molecule has 0 aromatic rings. The van der Waals surface area contributed by atoms with Crippen molar-refractivity contribution < 1.29 is 9.90 Å². The first kappa shape index (κ1) is 24.5. The van der Waals surface area contributed by atoms with Crippen LogP contribution in [0, 0.1) is 22.7 Å². The molecule has 0 radical (unpaired) electrons. The molecule has 0 amide bonds. The maximum atomic E-state index is 11.8. The summed E-state index contributed by atoms with van der Waals surface area (Å²) in [4.78, 5) is 11.8. The molecule has 2 nitrogen and oxygen atoms in total. The van der Waals surface area contributed by atoms with Gasteiger partial charge >= 0.3 is 5.97 Å². The highest BCUT2D eigenvalue weighted by Gasteiger charge is 2.41. The highest BCUT2D eigenvalue weighted by Crippen LogP contribution is 2.51. The third-order valence-corrected chi connectivity index (χ3v) is 7.27. The number of aliphatic carboxylic acids is 1. The van der Waals surface area contributed by atoms with E-state index in [0.29, 0.717) is 5.41 Å². The van der Waals surface area contributed by atoms with E-state index in [1.807, 2.05) is 6.92 Å². The molecule has 0 aromatic carbocycles. The Bertz CT molecular complexity index is 351. The van der Waals surface area contributed by atoms with Crippen LogP contribution in [0.3, 0.4) is 0 Å². The molecule has 25 heavy (non-hydrogen) atoms. The SMILES string of the molecule is CCCC(CC)CC(CC)(CC(CC)C(=O)O)CC(CC)(CC)CC. The normalized spacial score (nSPS) is 17.1. The van der Waals surface area contributed by atoms with E-state index < -0.39 is 5.97 Å². The summed E-state index contributed by atoms with van der Waals surface area (Å²) >= 11 is 0. The minimum absolute atomic E-state index is 0.178. The summed E-state index contributed by atoms with van der Waals surface area (Å²) in [7, 11) is 0. The average molecular weight is 355 g/mol. The zero-order chi connectivity index (χ0) is 19.5. The van der Waals surface area contributed by atoms with Gasteiger partial charge in [-0.05, 0) is 42.4 Å². The van der Waals surface area contributed by atoms with Crippen molar-refractivity contribution in [2.45, 2.75) is 119 Å². The predicted octanol–water partition coefficient (Wildman–Crippen LogP) is 7.71. The minimum Gasteiger partial charge on any atom is -0.481 e. The molecular formula is C23H46O2. The first-order chi connectivity index (χ1) is 11.8. The molecule has 0 aliphatic carbocycles. The van der Waals surface area contributed by atoms with Crippen LogP contribution in [0.25, 0.3) is 0 Å². The van der Waals surface area contributed by atoms with Crippen molar-refractivity contribution in [3.63, 3.8) is 0 Å². The van der Waals surface area contributed by atoms with Crippen molar-refractivity contribution in [2.24, 2.45) is 22.7 Å². The molecule has 0 aliphatic heterocycles. The number of carboxylic acids is 1. The van der Waals surface area contributed by atoms with Gasteiger partial charge in [0, 0.05) is 0 Å². The fourth-order valence-corrected chi connectivity index (χ4v) is 4.96. The molecule has 3 unspecified atom stereocenters. The molecule has 0 aliphatic rings. The van der Waals surface area contributed by atoms with Gasteiger partial charge in [0.1, 0.15) is 0 Å². The van der Waals surface area contributed by atoms with E-state index in [1.54, 1.807) is 0 Å². The summed E-state index contributed by atoms with van der Waals surface area (Å²) in [6.45, 7) is 15.9.